The minimum atomic E-state index is 0.753. The molecule has 0 fully saturated rings. The number of hydrogen-bond donors (Lipinski definition) is 1. The van der Waals surface area contributed by atoms with Crippen LogP contribution >= 0.6 is 0 Å². The first kappa shape index (κ1) is 10.2. The molecule has 11 heavy (non-hydrogen) atoms. The Morgan fingerprint density at radius 2 is 2.09 bits per heavy atom. The van der Waals surface area contributed by atoms with Crippen LogP contribution in [0.25, 0.3) is 0 Å². The van der Waals surface area contributed by atoms with Gasteiger partial charge in [-0.25, -0.2) is 0 Å². The molecule has 0 saturated heterocycles. The quantitative estimate of drug-likeness (QED) is 0.470. The van der Waals surface area contributed by atoms with Crippen molar-refractivity contribution in [1.82, 2.24) is 0 Å². The second-order valence-electron chi connectivity index (χ2n) is 2.49. The van der Waals surface area contributed by atoms with Gasteiger partial charge in [-0.05, 0) is 32.1 Å². The van der Waals surface area contributed by atoms with Gasteiger partial charge >= 0.3 is 0 Å². The molecule has 1 nitrogen and oxygen atoms in total. The van der Waals surface area contributed by atoms with Crippen molar-refractivity contribution in [2.75, 3.05) is 0 Å². The molecule has 0 rings (SSSR count). The van der Waals surface area contributed by atoms with Crippen molar-refractivity contribution in [3.63, 3.8) is 0 Å². The fourth-order valence-electron chi connectivity index (χ4n) is 1.08. The fourth-order valence-corrected chi connectivity index (χ4v) is 1.08. The largest absolute Gasteiger partial charge is 0.313 e. The van der Waals surface area contributed by atoms with Crippen molar-refractivity contribution in [3.05, 3.63) is 23.3 Å². The minimum absolute atomic E-state index is 0.753. The molecule has 0 aliphatic heterocycles. The summed E-state index contributed by atoms with van der Waals surface area (Å²) in [7, 11) is 0. The van der Waals surface area contributed by atoms with E-state index in [0.717, 1.165) is 12.8 Å². The Hall–Kier alpha value is -0.850. The van der Waals surface area contributed by atoms with E-state index < -0.39 is 0 Å². The summed E-state index contributed by atoms with van der Waals surface area (Å²) in [6.45, 7) is 6.31. The van der Waals surface area contributed by atoms with Crippen LogP contribution in [0.2, 0.25) is 0 Å². The highest BCUT2D eigenvalue weighted by atomic mass is 14.3. The van der Waals surface area contributed by atoms with Gasteiger partial charge in [-0.15, -0.1) is 0 Å². The van der Waals surface area contributed by atoms with E-state index in [1.54, 1.807) is 0 Å². The van der Waals surface area contributed by atoms with Crippen molar-refractivity contribution in [2.24, 2.45) is 0 Å². The molecule has 0 bridgehead atoms. The van der Waals surface area contributed by atoms with Gasteiger partial charge in [0, 0.05) is 6.42 Å². The molecule has 0 heterocycles. The van der Waals surface area contributed by atoms with E-state index in [9.17, 15) is 0 Å². The molecular formula is C10H17N. The summed E-state index contributed by atoms with van der Waals surface area (Å²) in [4.78, 5) is 0. The van der Waals surface area contributed by atoms with Crippen LogP contribution in [0.5, 0.6) is 0 Å². The first-order valence-electron chi connectivity index (χ1n) is 4.07. The summed E-state index contributed by atoms with van der Waals surface area (Å²) >= 11 is 0. The van der Waals surface area contributed by atoms with Crippen LogP contribution in [0.1, 0.15) is 33.6 Å². The Morgan fingerprint density at radius 1 is 1.45 bits per heavy atom. The molecule has 1 N–H and O–H groups in total. The van der Waals surface area contributed by atoms with Gasteiger partial charge in [0.05, 0.1) is 0 Å². The molecule has 0 aromatic carbocycles. The molecule has 0 atom stereocenters. The molecule has 0 unspecified atom stereocenters. The van der Waals surface area contributed by atoms with E-state index >= 15 is 0 Å². The predicted octanol–water partition coefficient (Wildman–Crippen LogP) is 3.33. The van der Waals surface area contributed by atoms with E-state index in [2.05, 4.69) is 32.9 Å². The summed E-state index contributed by atoms with van der Waals surface area (Å²) in [5, 5.41) is 6.86. The van der Waals surface area contributed by atoms with Gasteiger partial charge in [-0.3, -0.25) is 0 Å². The predicted molar refractivity (Wildman–Crippen MR) is 51.2 cm³/mol. The zero-order chi connectivity index (χ0) is 8.69. The van der Waals surface area contributed by atoms with Gasteiger partial charge in [0.2, 0.25) is 0 Å². The highest BCUT2D eigenvalue weighted by Crippen LogP contribution is 2.12. The molecule has 0 aromatic rings. The Morgan fingerprint density at radius 3 is 2.45 bits per heavy atom. The molecule has 0 aliphatic rings. The molecule has 0 spiro atoms. The molecule has 0 aliphatic carbocycles. The van der Waals surface area contributed by atoms with Gasteiger partial charge < -0.3 is 5.41 Å². The lowest BCUT2D eigenvalue weighted by Crippen LogP contribution is -1.83. The van der Waals surface area contributed by atoms with Gasteiger partial charge in [0.15, 0.2) is 0 Å². The normalized spacial score (nSPS) is 13.4. The van der Waals surface area contributed by atoms with Crippen LogP contribution in [0.3, 0.4) is 0 Å². The third-order valence-electron chi connectivity index (χ3n) is 1.78. The molecule has 1 heteroatoms. The summed E-state index contributed by atoms with van der Waals surface area (Å²) in [5.74, 6) is 0. The minimum Gasteiger partial charge on any atom is -0.313 e. The van der Waals surface area contributed by atoms with Crippen LogP contribution in [0.15, 0.2) is 23.3 Å². The smallest absolute Gasteiger partial charge is 0.000564 e. The Kier molecular flexibility index (Phi) is 5.44. The lowest BCUT2D eigenvalue weighted by atomic mass is 10.0. The van der Waals surface area contributed by atoms with Crippen LogP contribution in [-0.4, -0.2) is 6.21 Å². The van der Waals surface area contributed by atoms with E-state index in [0.29, 0.717) is 0 Å². The van der Waals surface area contributed by atoms with Gasteiger partial charge in [0.1, 0.15) is 0 Å². The maximum atomic E-state index is 6.86. The average molecular weight is 151 g/mol. The average Bonchev–Trinajstić information content (AvgIpc) is 2.03. The van der Waals surface area contributed by atoms with E-state index in [1.807, 2.05) is 0 Å². The lowest BCUT2D eigenvalue weighted by Gasteiger charge is -2.02. The Labute approximate surface area is 69.3 Å². The summed E-state index contributed by atoms with van der Waals surface area (Å²) in [6, 6.07) is 0. The molecule has 0 saturated carbocycles. The van der Waals surface area contributed by atoms with Gasteiger partial charge in [-0.1, -0.05) is 24.6 Å². The van der Waals surface area contributed by atoms with Gasteiger partial charge in [-0.2, -0.15) is 0 Å². The summed E-state index contributed by atoms with van der Waals surface area (Å²) < 4.78 is 0. The topological polar surface area (TPSA) is 23.9 Å². The molecule has 0 aromatic heterocycles. The van der Waals surface area contributed by atoms with Crippen molar-refractivity contribution in [3.8, 4) is 0 Å². The van der Waals surface area contributed by atoms with Crippen molar-refractivity contribution < 1.29 is 0 Å². The van der Waals surface area contributed by atoms with Crippen molar-refractivity contribution in [1.29, 1.82) is 5.41 Å². The SMILES string of the molecule is CC=C(CC)/C(C)=C\CC=N. The monoisotopic (exact) mass is 151 g/mol. The molecule has 62 valence electrons. The third kappa shape index (κ3) is 3.76. The first-order chi connectivity index (χ1) is 5.26. The lowest BCUT2D eigenvalue weighted by molar-refractivity contribution is 1.09. The number of hydrogen-bond acceptors (Lipinski definition) is 1. The van der Waals surface area contributed by atoms with Crippen LogP contribution in [-0.2, 0) is 0 Å². The number of allylic oxidation sites excluding steroid dienone is 4. The van der Waals surface area contributed by atoms with E-state index in [1.165, 1.54) is 17.4 Å². The van der Waals surface area contributed by atoms with E-state index in [-0.39, 0.29) is 0 Å². The maximum absolute atomic E-state index is 6.86. The number of nitrogens with one attached hydrogen (secondary N) is 1. The summed E-state index contributed by atoms with van der Waals surface area (Å²) in [6.07, 6.45) is 7.48. The Balaban J connectivity index is 4.19. The second-order valence-corrected chi connectivity index (χ2v) is 2.49. The highest BCUT2D eigenvalue weighted by molar-refractivity contribution is 5.56. The fraction of sp³-hybridized carbons (Fsp3) is 0.500. The van der Waals surface area contributed by atoms with Gasteiger partial charge in [0.25, 0.3) is 0 Å². The molecule has 0 amide bonds. The number of rotatable bonds is 4. The molecular weight excluding hydrogens is 134 g/mol. The first-order valence-corrected chi connectivity index (χ1v) is 4.07. The third-order valence-corrected chi connectivity index (χ3v) is 1.78. The molecule has 0 radical (unpaired) electrons. The maximum Gasteiger partial charge on any atom is 0.000564 e. The Bertz CT molecular complexity index is 175. The van der Waals surface area contributed by atoms with Crippen LogP contribution in [0.4, 0.5) is 0 Å². The van der Waals surface area contributed by atoms with Crippen LogP contribution < -0.4 is 0 Å². The summed E-state index contributed by atoms with van der Waals surface area (Å²) in [5.41, 5.74) is 2.69. The standard InChI is InChI=1S/C10H17N/c1-4-10(5-2)9(3)7-6-8-11/h4,7-8,11H,5-6H2,1-3H3/b9-7-,10-4?,11-8?. The van der Waals surface area contributed by atoms with Crippen molar-refractivity contribution >= 4 is 6.21 Å². The van der Waals surface area contributed by atoms with Crippen LogP contribution in [0, 0.1) is 5.41 Å². The van der Waals surface area contributed by atoms with Crippen molar-refractivity contribution in [2.45, 2.75) is 33.6 Å². The zero-order valence-electron chi connectivity index (χ0n) is 7.65. The van der Waals surface area contributed by atoms with E-state index in [4.69, 9.17) is 5.41 Å². The second kappa shape index (κ2) is 5.90. The zero-order valence-corrected chi connectivity index (χ0v) is 7.65. The highest BCUT2D eigenvalue weighted by Gasteiger charge is 1.93.